The van der Waals surface area contributed by atoms with E-state index in [0.29, 0.717) is 24.7 Å². The van der Waals surface area contributed by atoms with Crippen molar-refractivity contribution in [3.05, 3.63) is 0 Å². The number of Topliss-reactive ketones (excluding diaryl/α,β-unsaturated/α-hetero) is 1. The lowest BCUT2D eigenvalue weighted by atomic mass is 9.76. The van der Waals surface area contributed by atoms with Crippen LogP contribution in [-0.2, 0) is 4.79 Å². The van der Waals surface area contributed by atoms with E-state index in [2.05, 4.69) is 31.0 Å². The van der Waals surface area contributed by atoms with Crippen molar-refractivity contribution in [2.75, 3.05) is 19.6 Å². The second kappa shape index (κ2) is 9.65. The average Bonchev–Trinajstić information content (AvgIpc) is 2.54. The second-order valence-electron chi connectivity index (χ2n) is 8.36. The molecule has 0 heterocycles. The van der Waals surface area contributed by atoms with Gasteiger partial charge in [-0.1, -0.05) is 33.1 Å². The molecule has 1 N–H and O–H groups in total. The Labute approximate surface area is 158 Å². The first-order chi connectivity index (χ1) is 11.9. The molecule has 0 unspecified atom stereocenters. The van der Waals surface area contributed by atoms with Crippen molar-refractivity contribution in [2.24, 2.45) is 10.4 Å². The monoisotopic (exact) mass is 365 g/mol. The van der Waals surface area contributed by atoms with E-state index >= 15 is 0 Å². The summed E-state index contributed by atoms with van der Waals surface area (Å²) in [7, 11) is 0. The van der Waals surface area contributed by atoms with Gasteiger partial charge in [-0.3, -0.25) is 9.79 Å². The van der Waals surface area contributed by atoms with Crippen molar-refractivity contribution in [3.8, 4) is 0 Å². The summed E-state index contributed by atoms with van der Waals surface area (Å²) in [6.07, 6.45) is 9.71. The van der Waals surface area contributed by atoms with E-state index in [4.69, 9.17) is 17.2 Å². The van der Waals surface area contributed by atoms with Crippen molar-refractivity contribution in [1.82, 2.24) is 10.2 Å². The molecule has 25 heavy (non-hydrogen) atoms. The Morgan fingerprint density at radius 3 is 2.64 bits per heavy atom. The number of aliphatic imine (C=N–C) groups is 1. The van der Waals surface area contributed by atoms with Crippen LogP contribution in [0.3, 0.4) is 0 Å². The van der Waals surface area contributed by atoms with Gasteiger partial charge in [0.25, 0.3) is 0 Å². The highest BCUT2D eigenvalue weighted by atomic mass is 32.1. The van der Waals surface area contributed by atoms with E-state index in [1.165, 1.54) is 32.1 Å². The van der Waals surface area contributed by atoms with Crippen LogP contribution in [0.1, 0.15) is 78.6 Å². The van der Waals surface area contributed by atoms with Gasteiger partial charge in [0.2, 0.25) is 0 Å². The SMILES string of the molecule is CCNC(=S)N(CCCN=C1CC(=O)CC(C)(C)C1)C1CCCCC1. The van der Waals surface area contributed by atoms with Gasteiger partial charge in [0.15, 0.2) is 5.11 Å². The maximum Gasteiger partial charge on any atom is 0.169 e. The number of nitrogens with zero attached hydrogens (tertiary/aromatic N) is 2. The summed E-state index contributed by atoms with van der Waals surface area (Å²) >= 11 is 5.61. The predicted molar refractivity (Wildman–Crippen MR) is 109 cm³/mol. The first-order valence-electron chi connectivity index (χ1n) is 9.99. The largest absolute Gasteiger partial charge is 0.363 e. The third-order valence-corrected chi connectivity index (χ3v) is 5.64. The third-order valence-electron chi connectivity index (χ3n) is 5.26. The Morgan fingerprint density at radius 2 is 2.00 bits per heavy atom. The van der Waals surface area contributed by atoms with Crippen LogP contribution >= 0.6 is 12.2 Å². The maximum atomic E-state index is 11.9. The fraction of sp³-hybridized carbons (Fsp3) is 0.850. The van der Waals surface area contributed by atoms with Crippen LogP contribution in [0.25, 0.3) is 0 Å². The molecule has 0 aliphatic heterocycles. The van der Waals surface area contributed by atoms with Gasteiger partial charge in [0.05, 0.1) is 0 Å². The third kappa shape index (κ3) is 6.69. The second-order valence-corrected chi connectivity index (χ2v) is 8.74. The molecule has 0 aromatic rings. The van der Waals surface area contributed by atoms with Crippen molar-refractivity contribution < 1.29 is 4.79 Å². The molecule has 0 saturated heterocycles. The van der Waals surface area contributed by atoms with Crippen LogP contribution in [0.2, 0.25) is 0 Å². The van der Waals surface area contributed by atoms with Crippen molar-refractivity contribution in [2.45, 2.75) is 84.6 Å². The Balaban J connectivity index is 1.86. The topological polar surface area (TPSA) is 44.7 Å². The zero-order valence-corrected chi connectivity index (χ0v) is 17.1. The molecule has 142 valence electrons. The first-order valence-corrected chi connectivity index (χ1v) is 10.4. The molecule has 5 heteroatoms. The maximum absolute atomic E-state index is 11.9. The highest BCUT2D eigenvalue weighted by Gasteiger charge is 2.30. The van der Waals surface area contributed by atoms with Crippen molar-refractivity contribution in [3.63, 3.8) is 0 Å². The smallest absolute Gasteiger partial charge is 0.169 e. The summed E-state index contributed by atoms with van der Waals surface area (Å²) in [5, 5.41) is 4.23. The zero-order valence-electron chi connectivity index (χ0n) is 16.3. The number of hydrogen-bond acceptors (Lipinski definition) is 3. The average molecular weight is 366 g/mol. The zero-order chi connectivity index (χ0) is 18.3. The van der Waals surface area contributed by atoms with Gasteiger partial charge < -0.3 is 10.2 Å². The van der Waals surface area contributed by atoms with E-state index in [1.807, 2.05) is 0 Å². The van der Waals surface area contributed by atoms with E-state index in [0.717, 1.165) is 43.3 Å². The summed E-state index contributed by atoms with van der Waals surface area (Å²) in [6.45, 7) is 9.07. The molecule has 2 aliphatic carbocycles. The minimum Gasteiger partial charge on any atom is -0.363 e. The van der Waals surface area contributed by atoms with Gasteiger partial charge >= 0.3 is 0 Å². The Bertz CT molecular complexity index is 495. The molecule has 2 aliphatic rings. The molecule has 2 saturated carbocycles. The van der Waals surface area contributed by atoms with Crippen LogP contribution in [0, 0.1) is 5.41 Å². The fourth-order valence-electron chi connectivity index (χ4n) is 4.19. The van der Waals surface area contributed by atoms with Gasteiger partial charge in [-0.25, -0.2) is 0 Å². The molecule has 4 nitrogen and oxygen atoms in total. The quantitative estimate of drug-likeness (QED) is 0.568. The molecule has 2 fully saturated rings. The molecule has 0 aromatic carbocycles. The first kappa shape index (κ1) is 20.3. The summed E-state index contributed by atoms with van der Waals surface area (Å²) < 4.78 is 0. The molecular weight excluding hydrogens is 330 g/mol. The number of thiocarbonyl (C=S) groups is 1. The van der Waals surface area contributed by atoms with E-state index in [9.17, 15) is 4.79 Å². The molecule has 0 spiro atoms. The summed E-state index contributed by atoms with van der Waals surface area (Å²) in [5.74, 6) is 0.340. The standard InChI is InChI=1S/C20H35N3OS/c1-4-21-19(25)23(17-9-6-5-7-10-17)12-8-11-22-16-13-18(24)15-20(2,3)14-16/h17H,4-15H2,1-3H3,(H,21,25). The van der Waals surface area contributed by atoms with E-state index < -0.39 is 0 Å². The van der Waals surface area contributed by atoms with Crippen LogP contribution in [0.4, 0.5) is 0 Å². The van der Waals surface area contributed by atoms with Gasteiger partial charge in [0, 0.05) is 44.2 Å². The molecule has 0 amide bonds. The normalized spacial score (nSPS) is 22.8. The summed E-state index contributed by atoms with van der Waals surface area (Å²) in [6, 6.07) is 0.586. The van der Waals surface area contributed by atoms with Crippen molar-refractivity contribution in [1.29, 1.82) is 0 Å². The van der Waals surface area contributed by atoms with Gasteiger partial charge in [-0.05, 0) is 50.2 Å². The minimum atomic E-state index is 0.0783. The number of rotatable bonds is 6. The Morgan fingerprint density at radius 1 is 1.28 bits per heavy atom. The molecular formula is C20H35N3OS. The van der Waals surface area contributed by atoms with Crippen molar-refractivity contribution >= 4 is 28.8 Å². The number of ketones is 1. The lowest BCUT2D eigenvalue weighted by molar-refractivity contribution is -0.120. The molecule has 0 bridgehead atoms. The number of nitrogens with one attached hydrogen (secondary N) is 1. The Kier molecular flexibility index (Phi) is 7.85. The highest BCUT2D eigenvalue weighted by Crippen LogP contribution is 2.31. The Hall–Kier alpha value is -0.970. The number of hydrogen-bond donors (Lipinski definition) is 1. The number of carbonyl (C=O) groups excluding carboxylic acids is 1. The predicted octanol–water partition coefficient (Wildman–Crippen LogP) is 4.13. The molecule has 0 radical (unpaired) electrons. The van der Waals surface area contributed by atoms with Crippen LogP contribution < -0.4 is 5.32 Å². The fourth-order valence-corrected chi connectivity index (χ4v) is 4.57. The number of carbonyl (C=O) groups is 1. The highest BCUT2D eigenvalue weighted by molar-refractivity contribution is 7.80. The molecule has 0 atom stereocenters. The van der Waals surface area contributed by atoms with Crippen LogP contribution in [0.15, 0.2) is 4.99 Å². The minimum absolute atomic E-state index is 0.0783. The lowest BCUT2D eigenvalue weighted by Crippen LogP contribution is -2.47. The van der Waals surface area contributed by atoms with Gasteiger partial charge in [0.1, 0.15) is 5.78 Å². The molecule has 0 aromatic heterocycles. The molecule has 2 rings (SSSR count). The van der Waals surface area contributed by atoms with E-state index in [1.54, 1.807) is 0 Å². The lowest BCUT2D eigenvalue weighted by Gasteiger charge is -2.36. The summed E-state index contributed by atoms with van der Waals surface area (Å²) in [5.41, 5.74) is 1.18. The van der Waals surface area contributed by atoms with E-state index in [-0.39, 0.29) is 5.41 Å². The summed E-state index contributed by atoms with van der Waals surface area (Å²) in [4.78, 5) is 19.0. The van der Waals surface area contributed by atoms with Gasteiger partial charge in [-0.2, -0.15) is 0 Å². The van der Waals surface area contributed by atoms with Crippen LogP contribution in [-0.4, -0.2) is 47.2 Å². The van der Waals surface area contributed by atoms with Crippen LogP contribution in [0.5, 0.6) is 0 Å². The van der Waals surface area contributed by atoms with Gasteiger partial charge in [-0.15, -0.1) is 0 Å².